The van der Waals surface area contributed by atoms with E-state index in [1.54, 1.807) is 0 Å². The van der Waals surface area contributed by atoms with Crippen LogP contribution in [0.15, 0.2) is 0 Å². The van der Waals surface area contributed by atoms with Crippen molar-refractivity contribution < 1.29 is 0 Å². The van der Waals surface area contributed by atoms with Crippen LogP contribution >= 0.6 is 17.8 Å². The van der Waals surface area contributed by atoms with Gasteiger partial charge in [-0.2, -0.15) is 0 Å². The molecular weight excluding hydrogens is 346 g/mol. The maximum atomic E-state index is 6.12. The molecule has 0 saturated carbocycles. The first-order valence-corrected chi connectivity index (χ1v) is 19.0. The van der Waals surface area contributed by atoms with Crippen LogP contribution in [-0.4, -0.2) is 16.1 Å². The van der Waals surface area contributed by atoms with Gasteiger partial charge >= 0.3 is 114 Å². The van der Waals surface area contributed by atoms with E-state index in [0.717, 1.165) is 4.44 Å². The van der Waals surface area contributed by atoms with Crippen LogP contribution < -0.4 is 0 Å². The Morgan fingerprint density at radius 3 is 1.44 bits per heavy atom. The molecule has 0 bridgehead atoms. The van der Waals surface area contributed by atoms with Gasteiger partial charge in [0.25, 0.3) is 0 Å². The van der Waals surface area contributed by atoms with Crippen LogP contribution in [0, 0.1) is 0 Å². The number of hydrogen-bond acceptors (Lipinski definition) is 0. The van der Waals surface area contributed by atoms with E-state index in [-0.39, 0.29) is 0 Å². The van der Waals surface area contributed by atoms with Gasteiger partial charge in [0, 0.05) is 0 Å². The minimum atomic E-state index is -2.46. The predicted molar refractivity (Wildman–Crippen MR) is 80.0 cm³/mol. The maximum absolute atomic E-state index is 6.12. The third kappa shape index (κ3) is 15.4. The zero-order chi connectivity index (χ0) is 12.3. The van der Waals surface area contributed by atoms with Crippen LogP contribution in [0.1, 0.15) is 71.1 Å². The first-order valence-electron chi connectivity index (χ1n) is 6.94. The van der Waals surface area contributed by atoms with Gasteiger partial charge in [-0.25, -0.2) is 0 Å². The summed E-state index contributed by atoms with van der Waals surface area (Å²) in [5, 5.41) is 0. The van der Waals surface area contributed by atoms with Crippen LogP contribution in [0.4, 0.5) is 0 Å². The average molecular weight is 374 g/mol. The Balaban J connectivity index is 2.99. The molecule has 0 saturated heterocycles. The van der Waals surface area contributed by atoms with E-state index in [1.165, 1.54) is 64.2 Å². The van der Waals surface area contributed by atoms with Crippen molar-refractivity contribution in [2.45, 2.75) is 80.5 Å². The van der Waals surface area contributed by atoms with E-state index in [2.05, 4.69) is 11.9 Å². The van der Waals surface area contributed by atoms with Gasteiger partial charge in [0.1, 0.15) is 0 Å². The van der Waals surface area contributed by atoms with Gasteiger partial charge in [-0.15, -0.1) is 0 Å². The molecule has 0 aliphatic carbocycles. The Bertz CT molecular complexity index is 143. The topological polar surface area (TPSA) is 0 Å². The molecule has 0 spiro atoms. The molecule has 0 N–H and O–H groups in total. The molecule has 98 valence electrons. The molecule has 3 heteroatoms. The Morgan fingerprint density at radius 1 is 0.688 bits per heavy atom. The van der Waals surface area contributed by atoms with Crippen molar-refractivity contribution in [2.75, 3.05) is 0 Å². The fourth-order valence-corrected chi connectivity index (χ4v) is 6.20. The summed E-state index contributed by atoms with van der Waals surface area (Å²) in [6.07, 6.45) is 13.9. The van der Waals surface area contributed by atoms with Crippen molar-refractivity contribution in [3.63, 3.8) is 0 Å². The molecule has 0 aliphatic rings. The fraction of sp³-hybridized carbons (Fsp3) is 1.00. The summed E-state index contributed by atoms with van der Waals surface area (Å²) in [4.78, 5) is 2.09. The van der Waals surface area contributed by atoms with Crippen LogP contribution in [0.5, 0.6) is 0 Å². The Morgan fingerprint density at radius 2 is 1.06 bits per heavy atom. The third-order valence-corrected chi connectivity index (χ3v) is 9.02. The summed E-state index contributed by atoms with van der Waals surface area (Å²) >= 11 is -2.46. The standard InChI is InChI=1S/C12H25.CH3.2ClH.Sn/c1-3-5-7-9-11-12-10-8-6-4-2;;;;/h1,3-12H2,2H3;1H3;2*1H;/q;;;;+2/p-2. The molecule has 0 radical (unpaired) electrons. The van der Waals surface area contributed by atoms with E-state index in [9.17, 15) is 0 Å². The van der Waals surface area contributed by atoms with Gasteiger partial charge in [-0.3, -0.25) is 0 Å². The second-order valence-corrected chi connectivity index (χ2v) is 25.0. The molecule has 0 rings (SSSR count). The average Bonchev–Trinajstić information content (AvgIpc) is 2.19. The molecule has 0 unspecified atom stereocenters. The molecule has 0 aromatic rings. The van der Waals surface area contributed by atoms with Crippen LogP contribution in [0.2, 0.25) is 9.38 Å². The number of halogens is 2. The zero-order valence-electron chi connectivity index (χ0n) is 11.0. The van der Waals surface area contributed by atoms with Crippen molar-refractivity contribution in [1.29, 1.82) is 0 Å². The molecular formula is C13H28Cl2Sn. The summed E-state index contributed by atoms with van der Waals surface area (Å²) in [5.74, 6) is 0. The predicted octanol–water partition coefficient (Wildman–Crippen LogP) is 6.46. The summed E-state index contributed by atoms with van der Waals surface area (Å²) in [6.45, 7) is 2.27. The van der Waals surface area contributed by atoms with E-state index in [0.29, 0.717) is 0 Å². The number of rotatable bonds is 11. The van der Waals surface area contributed by atoms with Gasteiger partial charge in [0.05, 0.1) is 0 Å². The Kier molecular flexibility index (Phi) is 12.5. The SMILES string of the molecule is CCCCCCCCCCC[CH2][Sn]([CH3])([Cl])[Cl]. The second-order valence-electron chi connectivity index (χ2n) is 5.00. The molecule has 0 fully saturated rings. The molecule has 16 heavy (non-hydrogen) atoms. The van der Waals surface area contributed by atoms with Crippen LogP contribution in [0.25, 0.3) is 0 Å². The van der Waals surface area contributed by atoms with Crippen molar-refractivity contribution in [2.24, 2.45) is 0 Å². The summed E-state index contributed by atoms with van der Waals surface area (Å²) in [5.41, 5.74) is 0. The van der Waals surface area contributed by atoms with Crippen molar-refractivity contribution in [1.82, 2.24) is 0 Å². The van der Waals surface area contributed by atoms with E-state index >= 15 is 0 Å². The van der Waals surface area contributed by atoms with Crippen molar-refractivity contribution in [3.8, 4) is 0 Å². The Hall–Kier alpha value is 1.38. The zero-order valence-corrected chi connectivity index (χ0v) is 15.4. The number of hydrogen-bond donors (Lipinski definition) is 0. The molecule has 0 heterocycles. The van der Waals surface area contributed by atoms with E-state index < -0.39 is 16.1 Å². The quantitative estimate of drug-likeness (QED) is 0.288. The first-order chi connectivity index (χ1) is 7.56. The molecule has 0 aliphatic heterocycles. The Labute approximate surface area is 114 Å². The van der Waals surface area contributed by atoms with Crippen molar-refractivity contribution in [3.05, 3.63) is 0 Å². The molecule has 0 amide bonds. The fourth-order valence-electron chi connectivity index (χ4n) is 1.92. The van der Waals surface area contributed by atoms with Gasteiger partial charge < -0.3 is 0 Å². The molecule has 0 atom stereocenters. The van der Waals surface area contributed by atoms with Crippen molar-refractivity contribution >= 4 is 34.0 Å². The van der Waals surface area contributed by atoms with Crippen LogP contribution in [-0.2, 0) is 0 Å². The molecule has 0 nitrogen and oxygen atoms in total. The second kappa shape index (κ2) is 11.5. The first kappa shape index (κ1) is 17.4. The normalized spacial score (nSPS) is 12.0. The van der Waals surface area contributed by atoms with Gasteiger partial charge in [-0.1, -0.05) is 0 Å². The van der Waals surface area contributed by atoms with Gasteiger partial charge in [-0.05, 0) is 0 Å². The molecule has 0 aromatic carbocycles. The van der Waals surface area contributed by atoms with Gasteiger partial charge in [0.15, 0.2) is 0 Å². The van der Waals surface area contributed by atoms with Crippen LogP contribution in [0.3, 0.4) is 0 Å². The summed E-state index contributed by atoms with van der Waals surface area (Å²) in [6, 6.07) is 0. The third-order valence-electron chi connectivity index (χ3n) is 2.97. The van der Waals surface area contributed by atoms with Gasteiger partial charge in [0.2, 0.25) is 0 Å². The molecule has 0 aromatic heterocycles. The monoisotopic (exact) mass is 374 g/mol. The van der Waals surface area contributed by atoms with E-state index in [1.807, 2.05) is 0 Å². The summed E-state index contributed by atoms with van der Waals surface area (Å²) < 4.78 is 1.13. The van der Waals surface area contributed by atoms with E-state index in [4.69, 9.17) is 17.8 Å². The number of unbranched alkanes of at least 4 members (excludes halogenated alkanes) is 9. The summed E-state index contributed by atoms with van der Waals surface area (Å²) in [7, 11) is 12.2. The minimum absolute atomic E-state index is 1.13.